The third-order valence-electron chi connectivity index (χ3n) is 3.78. The van der Waals surface area contributed by atoms with Crippen LogP contribution < -0.4 is 4.74 Å². The van der Waals surface area contributed by atoms with Crippen LogP contribution in [0.4, 0.5) is 8.78 Å². The lowest BCUT2D eigenvalue weighted by molar-refractivity contribution is -0.0498. The van der Waals surface area contributed by atoms with Crippen molar-refractivity contribution in [1.82, 2.24) is 9.88 Å². The average molecular weight is 334 g/mol. The summed E-state index contributed by atoms with van der Waals surface area (Å²) in [5.41, 5.74) is 2.46. The number of nitrogens with zero attached hydrogens (tertiary/aromatic N) is 2. The number of amides is 1. The van der Waals surface area contributed by atoms with Gasteiger partial charge in [-0.3, -0.25) is 9.78 Å². The highest BCUT2D eigenvalue weighted by molar-refractivity contribution is 5.94. The van der Waals surface area contributed by atoms with E-state index < -0.39 is 6.61 Å². The summed E-state index contributed by atoms with van der Waals surface area (Å²) in [6.07, 6.45) is 2.39. The lowest BCUT2D eigenvalue weighted by Gasteiger charge is -2.25. The number of carbonyl (C=O) groups excluding carboxylic acids is 1. The molecule has 0 spiro atoms. The highest BCUT2D eigenvalue weighted by Gasteiger charge is 2.18. The van der Waals surface area contributed by atoms with Gasteiger partial charge in [-0.05, 0) is 55.8 Å². The first-order valence-electron chi connectivity index (χ1n) is 7.60. The van der Waals surface area contributed by atoms with Crippen molar-refractivity contribution >= 4 is 5.91 Å². The number of likely N-dealkylation sites (N-methyl/N-ethyl adjacent to an activating group) is 1. The van der Waals surface area contributed by atoms with Gasteiger partial charge < -0.3 is 9.64 Å². The summed E-state index contributed by atoms with van der Waals surface area (Å²) in [6, 6.07) is 9.54. The molecule has 1 aromatic heterocycles. The quantitative estimate of drug-likeness (QED) is 0.809. The molecule has 1 aromatic carbocycles. The van der Waals surface area contributed by atoms with Crippen LogP contribution in [0.25, 0.3) is 0 Å². The maximum absolute atomic E-state index is 12.5. The molecule has 0 N–H and O–H groups in total. The molecule has 0 aliphatic carbocycles. The third-order valence-corrected chi connectivity index (χ3v) is 3.78. The summed E-state index contributed by atoms with van der Waals surface area (Å²) < 4.78 is 28.6. The minimum atomic E-state index is -2.88. The van der Waals surface area contributed by atoms with Crippen LogP contribution in [0, 0.1) is 6.92 Å². The van der Waals surface area contributed by atoms with Gasteiger partial charge in [-0.15, -0.1) is 0 Å². The first kappa shape index (κ1) is 17.8. The fourth-order valence-corrected chi connectivity index (χ4v) is 2.33. The Hall–Kier alpha value is -2.50. The number of rotatable bonds is 6. The van der Waals surface area contributed by atoms with Gasteiger partial charge in [0.15, 0.2) is 0 Å². The van der Waals surface area contributed by atoms with E-state index in [1.807, 2.05) is 26.0 Å². The smallest absolute Gasteiger partial charge is 0.387 e. The van der Waals surface area contributed by atoms with Gasteiger partial charge in [-0.25, -0.2) is 0 Å². The molecule has 2 rings (SSSR count). The lowest BCUT2D eigenvalue weighted by Crippen LogP contribution is -2.36. The summed E-state index contributed by atoms with van der Waals surface area (Å²) in [5, 5.41) is 0. The van der Waals surface area contributed by atoms with Crippen molar-refractivity contribution in [3.8, 4) is 5.75 Å². The minimum absolute atomic E-state index is 0.0289. The summed E-state index contributed by atoms with van der Waals surface area (Å²) in [6.45, 7) is 1.06. The molecule has 0 aliphatic heterocycles. The maximum atomic E-state index is 12.5. The van der Waals surface area contributed by atoms with E-state index in [0.717, 1.165) is 11.3 Å². The highest BCUT2D eigenvalue weighted by Crippen LogP contribution is 2.17. The Morgan fingerprint density at radius 1 is 1.25 bits per heavy atom. The van der Waals surface area contributed by atoms with Crippen molar-refractivity contribution < 1.29 is 18.3 Å². The summed E-state index contributed by atoms with van der Waals surface area (Å²) in [4.78, 5) is 18.4. The maximum Gasteiger partial charge on any atom is 0.387 e. The van der Waals surface area contributed by atoms with Crippen LogP contribution in [0.1, 0.15) is 28.5 Å². The highest BCUT2D eigenvalue weighted by atomic mass is 19.3. The van der Waals surface area contributed by atoms with Crippen molar-refractivity contribution in [3.63, 3.8) is 0 Å². The van der Waals surface area contributed by atoms with Crippen LogP contribution in [0.2, 0.25) is 0 Å². The van der Waals surface area contributed by atoms with E-state index in [1.54, 1.807) is 18.1 Å². The number of aryl methyl sites for hydroxylation is 1. The molecule has 1 unspecified atom stereocenters. The van der Waals surface area contributed by atoms with Crippen molar-refractivity contribution in [3.05, 3.63) is 59.4 Å². The second-order valence-corrected chi connectivity index (χ2v) is 5.70. The fourth-order valence-electron chi connectivity index (χ4n) is 2.33. The fraction of sp³-hybridized carbons (Fsp3) is 0.333. The van der Waals surface area contributed by atoms with Crippen molar-refractivity contribution in [2.24, 2.45) is 0 Å². The molecule has 0 bridgehead atoms. The molecule has 0 fully saturated rings. The standard InChI is InChI=1S/C18H20F2N2O2/c1-12-8-9-21-15(10-12)11-13(2)22(3)17(23)14-4-6-16(7-5-14)24-18(19)20/h4-10,13,18H,11H2,1-3H3. The zero-order valence-corrected chi connectivity index (χ0v) is 13.9. The van der Waals surface area contributed by atoms with Gasteiger partial charge >= 0.3 is 6.61 Å². The first-order chi connectivity index (χ1) is 11.4. The second-order valence-electron chi connectivity index (χ2n) is 5.70. The van der Waals surface area contributed by atoms with E-state index in [1.165, 1.54) is 24.3 Å². The SMILES string of the molecule is Cc1ccnc(CC(C)N(C)C(=O)c2ccc(OC(F)F)cc2)c1. The monoisotopic (exact) mass is 334 g/mol. The molecule has 1 amide bonds. The van der Waals surface area contributed by atoms with Crippen LogP contribution in [-0.4, -0.2) is 35.5 Å². The van der Waals surface area contributed by atoms with Crippen LogP contribution in [0.5, 0.6) is 5.75 Å². The molecular weight excluding hydrogens is 314 g/mol. The Bertz CT molecular complexity index is 690. The lowest BCUT2D eigenvalue weighted by atomic mass is 10.1. The number of benzene rings is 1. The van der Waals surface area contributed by atoms with E-state index in [2.05, 4.69) is 9.72 Å². The van der Waals surface area contributed by atoms with E-state index in [9.17, 15) is 13.6 Å². The van der Waals surface area contributed by atoms with Gasteiger partial charge in [0, 0.05) is 37.0 Å². The molecule has 128 valence electrons. The Morgan fingerprint density at radius 2 is 1.92 bits per heavy atom. The number of halogens is 2. The van der Waals surface area contributed by atoms with Crippen molar-refractivity contribution in [1.29, 1.82) is 0 Å². The Balaban J connectivity index is 2.02. The second kappa shape index (κ2) is 7.86. The number of pyridine rings is 1. The zero-order valence-electron chi connectivity index (χ0n) is 13.9. The van der Waals surface area contributed by atoms with Gasteiger partial charge in [0.2, 0.25) is 0 Å². The normalized spacial score (nSPS) is 12.1. The number of aromatic nitrogens is 1. The number of carbonyl (C=O) groups is 1. The van der Waals surface area contributed by atoms with E-state index in [-0.39, 0.29) is 17.7 Å². The number of alkyl halides is 2. The summed E-state index contributed by atoms with van der Waals surface area (Å²) >= 11 is 0. The first-order valence-corrected chi connectivity index (χ1v) is 7.60. The predicted molar refractivity (Wildman–Crippen MR) is 87.3 cm³/mol. The molecule has 0 saturated heterocycles. The molecule has 0 aliphatic rings. The van der Waals surface area contributed by atoms with Gasteiger partial charge in [0.25, 0.3) is 5.91 Å². The molecule has 1 heterocycles. The van der Waals surface area contributed by atoms with Crippen molar-refractivity contribution in [2.75, 3.05) is 7.05 Å². The molecule has 6 heteroatoms. The van der Waals surface area contributed by atoms with Crippen LogP contribution in [0.15, 0.2) is 42.6 Å². The third kappa shape index (κ3) is 4.75. The number of hydrogen-bond acceptors (Lipinski definition) is 3. The van der Waals surface area contributed by atoms with Crippen LogP contribution >= 0.6 is 0 Å². The van der Waals surface area contributed by atoms with E-state index >= 15 is 0 Å². The number of ether oxygens (including phenoxy) is 1. The minimum Gasteiger partial charge on any atom is -0.435 e. The van der Waals surface area contributed by atoms with Crippen LogP contribution in [-0.2, 0) is 6.42 Å². The Kier molecular flexibility index (Phi) is 5.84. The van der Waals surface area contributed by atoms with Crippen molar-refractivity contribution in [2.45, 2.75) is 32.9 Å². The van der Waals surface area contributed by atoms with Crippen LogP contribution in [0.3, 0.4) is 0 Å². The molecule has 24 heavy (non-hydrogen) atoms. The molecule has 0 saturated carbocycles. The van der Waals surface area contributed by atoms with Gasteiger partial charge in [-0.2, -0.15) is 8.78 Å². The number of hydrogen-bond donors (Lipinski definition) is 0. The molecule has 4 nitrogen and oxygen atoms in total. The van der Waals surface area contributed by atoms with Gasteiger partial charge in [-0.1, -0.05) is 0 Å². The molecular formula is C18H20F2N2O2. The largest absolute Gasteiger partial charge is 0.435 e. The van der Waals surface area contributed by atoms with Gasteiger partial charge in [0.1, 0.15) is 5.75 Å². The molecule has 0 radical (unpaired) electrons. The summed E-state index contributed by atoms with van der Waals surface area (Å²) in [5.74, 6) is -0.153. The predicted octanol–water partition coefficient (Wildman–Crippen LogP) is 3.69. The van der Waals surface area contributed by atoms with Gasteiger partial charge in [0.05, 0.1) is 0 Å². The molecule has 1 atom stereocenters. The summed E-state index contributed by atoms with van der Waals surface area (Å²) in [7, 11) is 1.71. The average Bonchev–Trinajstić information content (AvgIpc) is 2.53. The Morgan fingerprint density at radius 3 is 2.50 bits per heavy atom. The topological polar surface area (TPSA) is 42.4 Å². The van der Waals surface area contributed by atoms with E-state index in [0.29, 0.717) is 12.0 Å². The Labute approximate surface area is 140 Å². The molecule has 2 aromatic rings. The zero-order chi connectivity index (χ0) is 17.7. The van der Waals surface area contributed by atoms with E-state index in [4.69, 9.17) is 0 Å².